The van der Waals surface area contributed by atoms with Gasteiger partial charge in [-0.1, -0.05) is 0 Å². The van der Waals surface area contributed by atoms with Crippen LogP contribution in [0.1, 0.15) is 27.2 Å². The summed E-state index contributed by atoms with van der Waals surface area (Å²) in [6.07, 6.45) is 5.55. The molecule has 1 aliphatic carbocycles. The quantitative estimate of drug-likeness (QED) is 0.715. The molecule has 0 amide bonds. The van der Waals surface area contributed by atoms with Crippen molar-refractivity contribution in [2.75, 3.05) is 0 Å². The predicted molar refractivity (Wildman–Crippen MR) is 84.4 cm³/mol. The molecular formula is C15H20Cl2OTi. The second-order valence-corrected chi connectivity index (χ2v) is 8.36. The summed E-state index contributed by atoms with van der Waals surface area (Å²) in [4.78, 5) is 0. The van der Waals surface area contributed by atoms with Crippen LogP contribution in [0.3, 0.4) is 0 Å². The molecule has 0 unspecified atom stereocenters. The van der Waals surface area contributed by atoms with Crippen LogP contribution in [-0.4, -0.2) is 3.81 Å². The molecule has 0 aliphatic heterocycles. The van der Waals surface area contributed by atoms with Crippen molar-refractivity contribution in [2.24, 2.45) is 0 Å². The molecule has 0 N–H and O–H groups in total. The number of allylic oxidation sites excluding steroid dienone is 4. The van der Waals surface area contributed by atoms with Crippen LogP contribution in [0, 0.1) is 0 Å². The molecule has 104 valence electrons. The molecule has 1 nitrogen and oxygen atoms in total. The van der Waals surface area contributed by atoms with Crippen molar-refractivity contribution in [1.29, 1.82) is 0 Å². The Morgan fingerprint density at radius 3 is 2.21 bits per heavy atom. The molecule has 2 rings (SSSR count). The number of hydrogen-bond acceptors (Lipinski definition) is 1. The van der Waals surface area contributed by atoms with Crippen LogP contribution >= 0.6 is 24.8 Å². The molecule has 0 bridgehead atoms. The van der Waals surface area contributed by atoms with Gasteiger partial charge in [-0.2, -0.15) is 0 Å². The van der Waals surface area contributed by atoms with Crippen LogP contribution in [0.5, 0.6) is 5.75 Å². The largest absolute Gasteiger partial charge is 0.147 e. The van der Waals surface area contributed by atoms with Crippen LogP contribution in [0.25, 0.3) is 0 Å². The zero-order valence-electron chi connectivity index (χ0n) is 11.5. The van der Waals surface area contributed by atoms with Crippen molar-refractivity contribution in [2.45, 2.75) is 27.2 Å². The molecule has 0 fully saturated rings. The average molecular weight is 335 g/mol. The van der Waals surface area contributed by atoms with Gasteiger partial charge < -0.3 is 0 Å². The first-order valence-corrected chi connectivity index (χ1v) is 8.15. The van der Waals surface area contributed by atoms with Crippen LogP contribution in [-0.2, 0) is 17.8 Å². The Morgan fingerprint density at radius 1 is 1.11 bits per heavy atom. The number of benzene rings is 1. The normalized spacial score (nSPS) is 12.6. The van der Waals surface area contributed by atoms with Crippen LogP contribution < -0.4 is 3.32 Å². The molecular weight excluding hydrogens is 315 g/mol. The summed E-state index contributed by atoms with van der Waals surface area (Å²) in [6, 6.07) is 10.2. The van der Waals surface area contributed by atoms with Crippen molar-refractivity contribution < 1.29 is 21.1 Å². The maximum absolute atomic E-state index is 6.26. The first-order valence-electron chi connectivity index (χ1n) is 5.95. The molecule has 4 heteroatoms. The molecule has 1 aromatic carbocycles. The maximum atomic E-state index is 6.26. The molecule has 0 spiro atoms. The minimum Gasteiger partial charge on any atom is -0.147 e. The van der Waals surface area contributed by atoms with Crippen LogP contribution in [0.2, 0.25) is 0 Å². The average Bonchev–Trinajstić information content (AvgIpc) is 2.73. The predicted octanol–water partition coefficient (Wildman–Crippen LogP) is 4.89. The monoisotopic (exact) mass is 334 g/mol. The van der Waals surface area contributed by atoms with Crippen molar-refractivity contribution in [3.05, 3.63) is 51.9 Å². The Morgan fingerprint density at radius 2 is 1.74 bits per heavy atom. The fourth-order valence-electron chi connectivity index (χ4n) is 1.96. The summed E-state index contributed by atoms with van der Waals surface area (Å²) in [7, 11) is 0. The Balaban J connectivity index is 0.00000162. The second-order valence-electron chi connectivity index (χ2n) is 4.51. The van der Waals surface area contributed by atoms with Gasteiger partial charge in [0.25, 0.3) is 0 Å². The van der Waals surface area contributed by atoms with E-state index in [4.69, 9.17) is 3.32 Å². The Hall–Kier alpha value is -0.336. The third-order valence-electron chi connectivity index (χ3n) is 2.86. The summed E-state index contributed by atoms with van der Waals surface area (Å²) >= 11 is -1.71. The first-order chi connectivity index (χ1) is 8.18. The zero-order valence-corrected chi connectivity index (χ0v) is 14.7. The molecule has 19 heavy (non-hydrogen) atoms. The SMILES string of the molecule is CC1=[C]([Ti]([O]c2ccccc2)=[C](C)C)CC=C1.Cl.Cl. The molecule has 1 aromatic rings. The van der Waals surface area contributed by atoms with E-state index >= 15 is 0 Å². The van der Waals surface area contributed by atoms with E-state index < -0.39 is 17.8 Å². The summed E-state index contributed by atoms with van der Waals surface area (Å²) in [5.74, 6) is 1.01. The van der Waals surface area contributed by atoms with Crippen LogP contribution in [0.4, 0.5) is 0 Å². The van der Waals surface area contributed by atoms with Crippen molar-refractivity contribution >= 4 is 28.6 Å². The molecule has 0 saturated heterocycles. The van der Waals surface area contributed by atoms with Gasteiger partial charge >= 0.3 is 110 Å². The van der Waals surface area contributed by atoms with Gasteiger partial charge in [0.1, 0.15) is 0 Å². The molecule has 0 radical (unpaired) electrons. The van der Waals surface area contributed by atoms with Crippen molar-refractivity contribution in [3.63, 3.8) is 0 Å². The first kappa shape index (κ1) is 18.7. The van der Waals surface area contributed by atoms with E-state index in [0.29, 0.717) is 0 Å². The molecule has 0 saturated carbocycles. The van der Waals surface area contributed by atoms with E-state index in [0.717, 1.165) is 12.2 Å². The van der Waals surface area contributed by atoms with Crippen molar-refractivity contribution in [1.82, 2.24) is 0 Å². The third kappa shape index (κ3) is 4.93. The van der Waals surface area contributed by atoms with E-state index in [1.54, 1.807) is 3.88 Å². The van der Waals surface area contributed by atoms with Gasteiger partial charge in [0, 0.05) is 0 Å². The molecule has 0 heterocycles. The van der Waals surface area contributed by atoms with Gasteiger partial charge in [-0.05, 0) is 0 Å². The zero-order chi connectivity index (χ0) is 12.3. The second kappa shape index (κ2) is 8.76. The van der Waals surface area contributed by atoms with Gasteiger partial charge in [0.05, 0.1) is 0 Å². The Labute approximate surface area is 134 Å². The van der Waals surface area contributed by atoms with Crippen LogP contribution in [0.15, 0.2) is 51.9 Å². The summed E-state index contributed by atoms with van der Waals surface area (Å²) in [5, 5.41) is 0. The smallest absolute Gasteiger partial charge is 0.147 e. The fourth-order valence-corrected chi connectivity index (χ4v) is 5.16. The number of para-hydroxylation sites is 1. The van der Waals surface area contributed by atoms with E-state index in [2.05, 4.69) is 32.9 Å². The van der Waals surface area contributed by atoms with Gasteiger partial charge in [0.15, 0.2) is 0 Å². The van der Waals surface area contributed by atoms with Gasteiger partial charge in [-0.15, -0.1) is 24.8 Å². The number of halogens is 2. The van der Waals surface area contributed by atoms with E-state index in [1.807, 2.05) is 30.3 Å². The maximum Gasteiger partial charge on any atom is -0.147 e. The van der Waals surface area contributed by atoms with Gasteiger partial charge in [0.2, 0.25) is 0 Å². The molecule has 0 aromatic heterocycles. The van der Waals surface area contributed by atoms with Gasteiger partial charge in [-0.3, -0.25) is 0 Å². The number of rotatable bonds is 3. The summed E-state index contributed by atoms with van der Waals surface area (Å²) in [5.41, 5.74) is 1.41. The van der Waals surface area contributed by atoms with E-state index in [1.165, 1.54) is 9.38 Å². The number of hydrogen-bond donors (Lipinski definition) is 0. The van der Waals surface area contributed by atoms with E-state index in [9.17, 15) is 0 Å². The standard InChI is InChI=1S/C6H6O.C6H7.C3H6.2ClH.Ti/c7-6-4-2-1-3-5-6;1-6-4-2-3-5-6;1-3-2;;;/h1-5,7H;2,4H,3H2,1H3;1-2H3;2*1H;/q;;;;;+1/p-1. The summed E-state index contributed by atoms with van der Waals surface area (Å²) < 4.78 is 9.28. The summed E-state index contributed by atoms with van der Waals surface area (Å²) in [6.45, 7) is 6.61. The fraction of sp³-hybridized carbons (Fsp3) is 0.267. The minimum absolute atomic E-state index is 0. The Bertz CT molecular complexity index is 500. The topological polar surface area (TPSA) is 9.23 Å². The third-order valence-corrected chi connectivity index (χ3v) is 6.75. The van der Waals surface area contributed by atoms with Crippen molar-refractivity contribution in [3.8, 4) is 5.75 Å². The van der Waals surface area contributed by atoms with E-state index in [-0.39, 0.29) is 24.8 Å². The minimum atomic E-state index is -1.71. The van der Waals surface area contributed by atoms with Gasteiger partial charge in [-0.25, -0.2) is 0 Å². The molecule has 1 aliphatic rings. The Kier molecular flexibility index (Phi) is 8.60. The molecule has 0 atom stereocenters.